The highest BCUT2D eigenvalue weighted by Gasteiger charge is 2.21. The van der Waals surface area contributed by atoms with Gasteiger partial charge in [-0.1, -0.05) is 115 Å². The van der Waals surface area contributed by atoms with E-state index in [2.05, 4.69) is 53.1 Å². The molecule has 0 spiro atoms. The Labute approximate surface area is 247 Å². The van der Waals surface area contributed by atoms with Gasteiger partial charge in [0.25, 0.3) is 0 Å². The van der Waals surface area contributed by atoms with Gasteiger partial charge in [0.2, 0.25) is 0 Å². The summed E-state index contributed by atoms with van der Waals surface area (Å²) in [4.78, 5) is 18.0. The molecular weight excluding hydrogens is 522 g/mol. The molecule has 0 unspecified atom stereocenters. The first kappa shape index (κ1) is 29.1. The highest BCUT2D eigenvalue weighted by Crippen LogP contribution is 2.36. The Morgan fingerprint density at radius 2 is 1.24 bits per heavy atom. The van der Waals surface area contributed by atoms with Crippen molar-refractivity contribution in [3.05, 3.63) is 126 Å². The molecule has 0 bridgehead atoms. The van der Waals surface area contributed by atoms with Crippen LogP contribution in [-0.2, 0) is 16.0 Å². The first-order valence-corrected chi connectivity index (χ1v) is 14.5. The lowest BCUT2D eigenvalue weighted by atomic mass is 10.0. The molecule has 0 aliphatic carbocycles. The molecule has 5 aromatic rings. The monoisotopic (exact) mass is 559 g/mol. The van der Waals surface area contributed by atoms with Gasteiger partial charge >= 0.3 is 0 Å². The van der Waals surface area contributed by atoms with Gasteiger partial charge in [0, 0.05) is 48.4 Å². The molecule has 0 saturated carbocycles. The molecule has 214 valence electrons. The van der Waals surface area contributed by atoms with Gasteiger partial charge in [-0.3, -0.25) is 4.79 Å². The summed E-state index contributed by atoms with van der Waals surface area (Å²) in [5.74, 6) is 1.02. The van der Waals surface area contributed by atoms with Gasteiger partial charge in [-0.15, -0.1) is 0 Å². The summed E-state index contributed by atoms with van der Waals surface area (Å²) in [7, 11) is 0. The fourth-order valence-electron chi connectivity index (χ4n) is 4.96. The van der Waals surface area contributed by atoms with E-state index >= 15 is 0 Å². The molecule has 5 rings (SSSR count). The fourth-order valence-corrected chi connectivity index (χ4v) is 4.96. The van der Waals surface area contributed by atoms with E-state index < -0.39 is 0 Å². The second kappa shape index (κ2) is 15.0. The number of rotatable bonds is 15. The Hall–Kier alpha value is -4.36. The third-order valence-electron chi connectivity index (χ3n) is 7.04. The van der Waals surface area contributed by atoms with Crippen molar-refractivity contribution in [2.45, 2.75) is 19.4 Å². The Bertz CT molecular complexity index is 1530. The number of carbonyl (C=O) groups excluding carboxylic acids is 1. The Balaban J connectivity index is 1.38. The number of imidazole rings is 1. The minimum absolute atomic E-state index is 0.119. The number of aromatic nitrogens is 2. The van der Waals surface area contributed by atoms with Crippen molar-refractivity contribution in [2.24, 2.45) is 5.73 Å². The van der Waals surface area contributed by atoms with E-state index in [0.29, 0.717) is 57.9 Å². The van der Waals surface area contributed by atoms with Gasteiger partial charge in [-0.2, -0.15) is 0 Å². The third-order valence-corrected chi connectivity index (χ3v) is 7.04. The molecule has 0 aliphatic rings. The van der Waals surface area contributed by atoms with Crippen LogP contribution in [0.2, 0.25) is 0 Å². The van der Waals surface area contributed by atoms with Crippen LogP contribution in [0.1, 0.15) is 28.8 Å². The van der Waals surface area contributed by atoms with E-state index in [4.69, 9.17) is 20.2 Å². The molecule has 1 heterocycles. The zero-order valence-electron chi connectivity index (χ0n) is 23.8. The predicted molar refractivity (Wildman–Crippen MR) is 168 cm³/mol. The maximum atomic E-state index is 12.8. The van der Waals surface area contributed by atoms with Crippen molar-refractivity contribution in [3.8, 4) is 33.9 Å². The van der Waals surface area contributed by atoms with Gasteiger partial charge in [0.1, 0.15) is 5.82 Å². The molecule has 4 aromatic carbocycles. The van der Waals surface area contributed by atoms with E-state index in [9.17, 15) is 4.79 Å². The quantitative estimate of drug-likeness (QED) is 0.112. The lowest BCUT2D eigenvalue weighted by Crippen LogP contribution is -2.12. The molecule has 6 nitrogen and oxygen atoms in total. The Morgan fingerprint density at radius 3 is 1.86 bits per heavy atom. The molecule has 0 saturated heterocycles. The van der Waals surface area contributed by atoms with Crippen molar-refractivity contribution < 1.29 is 14.3 Å². The average Bonchev–Trinajstić information content (AvgIpc) is 3.43. The van der Waals surface area contributed by atoms with E-state index in [0.717, 1.165) is 39.5 Å². The smallest absolute Gasteiger partial charge is 0.162 e. The summed E-state index contributed by atoms with van der Waals surface area (Å²) < 4.78 is 13.1. The first-order valence-electron chi connectivity index (χ1n) is 14.5. The van der Waals surface area contributed by atoms with Crippen LogP contribution < -0.4 is 5.73 Å². The van der Waals surface area contributed by atoms with Crippen LogP contribution in [-0.4, -0.2) is 48.3 Å². The Kier molecular flexibility index (Phi) is 10.4. The molecule has 6 heteroatoms. The minimum atomic E-state index is 0.119. The van der Waals surface area contributed by atoms with Crippen LogP contribution in [0.5, 0.6) is 0 Å². The fraction of sp³-hybridized carbons (Fsp3) is 0.222. The second-order valence-electron chi connectivity index (χ2n) is 10.1. The number of ketones is 1. The number of hydrogen-bond acceptors (Lipinski definition) is 5. The van der Waals surface area contributed by atoms with E-state index in [1.165, 1.54) is 0 Å². The third kappa shape index (κ3) is 7.47. The molecule has 0 atom stereocenters. The lowest BCUT2D eigenvalue weighted by Gasteiger charge is -2.14. The summed E-state index contributed by atoms with van der Waals surface area (Å²) in [6.07, 6.45) is 1.12. The largest absolute Gasteiger partial charge is 0.379 e. The lowest BCUT2D eigenvalue weighted by molar-refractivity contribution is 0.0489. The topological polar surface area (TPSA) is 79.4 Å². The van der Waals surface area contributed by atoms with Gasteiger partial charge in [-0.25, -0.2) is 4.98 Å². The number of Topliss-reactive ketones (excluding diaryl/α,β-unsaturated/α-hetero) is 1. The zero-order chi connectivity index (χ0) is 29.0. The molecule has 0 radical (unpaired) electrons. The minimum Gasteiger partial charge on any atom is -0.379 e. The van der Waals surface area contributed by atoms with E-state index in [1.807, 2.05) is 66.7 Å². The number of nitrogens with two attached hydrogens (primary N) is 1. The normalized spacial score (nSPS) is 11.1. The summed E-state index contributed by atoms with van der Waals surface area (Å²) in [6.45, 7) is 3.22. The van der Waals surface area contributed by atoms with Crippen LogP contribution in [0.3, 0.4) is 0 Å². The highest BCUT2D eigenvalue weighted by atomic mass is 16.5. The molecule has 2 N–H and O–H groups in total. The number of nitrogens with zero attached hydrogens (tertiary/aromatic N) is 2. The van der Waals surface area contributed by atoms with Crippen molar-refractivity contribution in [1.82, 2.24) is 9.55 Å². The van der Waals surface area contributed by atoms with Gasteiger partial charge < -0.3 is 19.8 Å². The summed E-state index contributed by atoms with van der Waals surface area (Å²) in [6, 6.07) is 39.0. The predicted octanol–water partition coefficient (Wildman–Crippen LogP) is 6.89. The van der Waals surface area contributed by atoms with E-state index in [1.54, 1.807) is 0 Å². The summed E-state index contributed by atoms with van der Waals surface area (Å²) in [5, 5.41) is 0. The van der Waals surface area contributed by atoms with Crippen LogP contribution >= 0.6 is 0 Å². The first-order chi connectivity index (χ1) is 20.7. The van der Waals surface area contributed by atoms with E-state index in [-0.39, 0.29) is 5.78 Å². The molecule has 0 amide bonds. The van der Waals surface area contributed by atoms with Crippen LogP contribution in [0.15, 0.2) is 115 Å². The highest BCUT2D eigenvalue weighted by molar-refractivity contribution is 5.96. The molecule has 0 aliphatic heterocycles. The van der Waals surface area contributed by atoms with Gasteiger partial charge in [0.15, 0.2) is 5.78 Å². The molecule has 0 fully saturated rings. The zero-order valence-corrected chi connectivity index (χ0v) is 23.8. The maximum Gasteiger partial charge on any atom is 0.162 e. The van der Waals surface area contributed by atoms with Crippen LogP contribution in [0.25, 0.3) is 33.9 Å². The molecule has 42 heavy (non-hydrogen) atoms. The average molecular weight is 560 g/mol. The van der Waals surface area contributed by atoms with Crippen molar-refractivity contribution >= 4 is 5.78 Å². The number of benzene rings is 4. The van der Waals surface area contributed by atoms with Crippen molar-refractivity contribution in [3.63, 3.8) is 0 Å². The molecule has 1 aromatic heterocycles. The second-order valence-corrected chi connectivity index (χ2v) is 10.1. The standard InChI is InChI=1S/C36H37N3O3/c37-22-24-42-26-25-41-23-10-17-33(40)29-20-18-28(19-21-29)27-39-35(31-13-6-2-7-14-31)34(30-11-4-1-5-12-30)38-36(39)32-15-8-3-9-16-32/h1-9,11-16,18-21H,10,17,22-27,37H2. The molecular formula is C36H37N3O3. The van der Waals surface area contributed by atoms with Crippen LogP contribution in [0, 0.1) is 0 Å². The van der Waals surface area contributed by atoms with Crippen LogP contribution in [0.4, 0.5) is 0 Å². The van der Waals surface area contributed by atoms with Crippen molar-refractivity contribution in [1.29, 1.82) is 0 Å². The van der Waals surface area contributed by atoms with Crippen molar-refractivity contribution in [2.75, 3.05) is 33.0 Å². The number of carbonyl (C=O) groups is 1. The summed E-state index contributed by atoms with van der Waals surface area (Å²) in [5.41, 5.74) is 12.4. The maximum absolute atomic E-state index is 12.8. The van der Waals surface area contributed by atoms with Gasteiger partial charge in [-0.05, 0) is 12.0 Å². The number of ether oxygens (including phenoxy) is 2. The number of hydrogen-bond donors (Lipinski definition) is 1. The Morgan fingerprint density at radius 1 is 0.667 bits per heavy atom. The van der Waals surface area contributed by atoms with Gasteiger partial charge in [0.05, 0.1) is 31.2 Å². The summed E-state index contributed by atoms with van der Waals surface area (Å²) >= 11 is 0. The SMILES string of the molecule is NCCOCCOCCCC(=O)c1ccc(Cn2c(-c3ccccc3)nc(-c3ccccc3)c2-c2ccccc2)cc1.